The fraction of sp³-hybridized carbons (Fsp3) is 0.308. The number of benzene rings is 1. The number of esters is 1. The number of hydrogen-bond donors (Lipinski definition) is 2. The third-order valence-corrected chi connectivity index (χ3v) is 2.55. The molecule has 19 heavy (non-hydrogen) atoms. The van der Waals surface area contributed by atoms with Crippen molar-refractivity contribution in [3.8, 4) is 0 Å². The maximum Gasteiger partial charge on any atom is 0.397 e. The van der Waals surface area contributed by atoms with Crippen LogP contribution >= 0.6 is 0 Å². The molecule has 1 aromatic rings. The number of nitrogens with one attached hydrogen (secondary N) is 2. The van der Waals surface area contributed by atoms with Gasteiger partial charge in [0.25, 0.3) is 0 Å². The molecule has 0 radical (unpaired) electrons. The van der Waals surface area contributed by atoms with Gasteiger partial charge in [0.2, 0.25) is 0 Å². The van der Waals surface area contributed by atoms with Gasteiger partial charge in [0.15, 0.2) is 0 Å². The van der Waals surface area contributed by atoms with Gasteiger partial charge in [-0.1, -0.05) is 0 Å². The molecule has 0 bridgehead atoms. The number of aliphatic imine (C=N–C) groups is 1. The lowest BCUT2D eigenvalue weighted by Crippen LogP contribution is -2.25. The van der Waals surface area contributed by atoms with E-state index in [1.807, 2.05) is 12.1 Å². The van der Waals surface area contributed by atoms with E-state index in [1.165, 1.54) is 0 Å². The fourth-order valence-corrected chi connectivity index (χ4v) is 1.68. The standard InChI is InChI=1S/C13H15N3O3/c1-2-19-13(18)12(17)16-10-5-3-9(4-6-10)11-14-7-8-15-11/h3-6H,2,7-8H2,1H3,(H,14,15)(H,16,17). The third kappa shape index (κ3) is 3.31. The topological polar surface area (TPSA) is 79.8 Å². The van der Waals surface area contributed by atoms with Crippen LogP contribution in [0, 0.1) is 0 Å². The summed E-state index contributed by atoms with van der Waals surface area (Å²) in [6, 6.07) is 7.10. The van der Waals surface area contributed by atoms with Crippen LogP contribution in [0.2, 0.25) is 0 Å². The van der Waals surface area contributed by atoms with Crippen LogP contribution in [0.4, 0.5) is 5.69 Å². The minimum absolute atomic E-state index is 0.177. The average molecular weight is 261 g/mol. The van der Waals surface area contributed by atoms with E-state index in [0.717, 1.165) is 24.5 Å². The number of amidine groups is 1. The van der Waals surface area contributed by atoms with Crippen LogP contribution in [0.5, 0.6) is 0 Å². The second-order valence-corrected chi connectivity index (χ2v) is 3.91. The first-order chi connectivity index (χ1) is 9.20. The zero-order valence-corrected chi connectivity index (χ0v) is 10.6. The van der Waals surface area contributed by atoms with Crippen LogP contribution in [0.3, 0.4) is 0 Å². The Morgan fingerprint density at radius 2 is 2.11 bits per heavy atom. The molecule has 6 heteroatoms. The van der Waals surface area contributed by atoms with E-state index in [0.29, 0.717) is 5.69 Å². The van der Waals surface area contributed by atoms with Gasteiger partial charge in [0.1, 0.15) is 5.84 Å². The van der Waals surface area contributed by atoms with Crippen molar-refractivity contribution in [3.63, 3.8) is 0 Å². The first-order valence-corrected chi connectivity index (χ1v) is 6.07. The molecule has 6 nitrogen and oxygen atoms in total. The Hall–Kier alpha value is -2.37. The highest BCUT2D eigenvalue weighted by Gasteiger charge is 2.15. The highest BCUT2D eigenvalue weighted by molar-refractivity contribution is 6.37. The van der Waals surface area contributed by atoms with Crippen molar-refractivity contribution in [1.29, 1.82) is 0 Å². The molecule has 0 saturated heterocycles. The van der Waals surface area contributed by atoms with Crippen LogP contribution in [-0.2, 0) is 14.3 Å². The predicted molar refractivity (Wildman–Crippen MR) is 71.1 cm³/mol. The van der Waals surface area contributed by atoms with Crippen LogP contribution in [-0.4, -0.2) is 37.4 Å². The molecule has 2 rings (SSSR count). The van der Waals surface area contributed by atoms with Crippen LogP contribution in [0.25, 0.3) is 0 Å². The van der Waals surface area contributed by atoms with Gasteiger partial charge in [-0.05, 0) is 31.2 Å². The largest absolute Gasteiger partial charge is 0.459 e. The van der Waals surface area contributed by atoms with E-state index in [2.05, 4.69) is 20.4 Å². The summed E-state index contributed by atoms with van der Waals surface area (Å²) in [5.74, 6) is -0.803. The quantitative estimate of drug-likeness (QED) is 0.614. The second kappa shape index (κ2) is 5.99. The van der Waals surface area contributed by atoms with Gasteiger partial charge >= 0.3 is 11.9 Å². The van der Waals surface area contributed by atoms with E-state index in [4.69, 9.17) is 0 Å². The Balaban J connectivity index is 1.99. The van der Waals surface area contributed by atoms with Crippen LogP contribution in [0.15, 0.2) is 29.3 Å². The summed E-state index contributed by atoms with van der Waals surface area (Å²) in [7, 11) is 0. The van der Waals surface area contributed by atoms with E-state index in [9.17, 15) is 9.59 Å². The molecule has 0 fully saturated rings. The predicted octanol–water partition coefficient (Wildman–Crippen LogP) is 0.538. The molecule has 0 aliphatic carbocycles. The van der Waals surface area contributed by atoms with Crippen molar-refractivity contribution < 1.29 is 14.3 Å². The van der Waals surface area contributed by atoms with Crippen molar-refractivity contribution in [2.75, 3.05) is 25.0 Å². The zero-order valence-electron chi connectivity index (χ0n) is 10.6. The molecule has 1 aliphatic rings. The Morgan fingerprint density at radius 3 is 2.68 bits per heavy atom. The minimum Gasteiger partial charge on any atom is -0.459 e. The number of carbonyl (C=O) groups is 2. The van der Waals surface area contributed by atoms with Gasteiger partial charge in [-0.2, -0.15) is 0 Å². The van der Waals surface area contributed by atoms with Crippen molar-refractivity contribution in [2.24, 2.45) is 4.99 Å². The lowest BCUT2D eigenvalue weighted by Gasteiger charge is -2.06. The van der Waals surface area contributed by atoms with Crippen molar-refractivity contribution in [2.45, 2.75) is 6.92 Å². The summed E-state index contributed by atoms with van der Waals surface area (Å²) in [4.78, 5) is 26.9. The second-order valence-electron chi connectivity index (χ2n) is 3.91. The zero-order chi connectivity index (χ0) is 13.7. The van der Waals surface area contributed by atoms with Crippen LogP contribution < -0.4 is 10.6 Å². The van der Waals surface area contributed by atoms with Gasteiger partial charge in [-0.3, -0.25) is 9.79 Å². The molecule has 1 amide bonds. The smallest absolute Gasteiger partial charge is 0.397 e. The molecule has 0 atom stereocenters. The number of hydrogen-bond acceptors (Lipinski definition) is 5. The molecule has 0 unspecified atom stereocenters. The van der Waals surface area contributed by atoms with Crippen molar-refractivity contribution in [3.05, 3.63) is 29.8 Å². The normalized spacial score (nSPS) is 13.4. The number of anilines is 1. The average Bonchev–Trinajstić information content (AvgIpc) is 2.94. The molecule has 1 aromatic carbocycles. The molecule has 0 saturated carbocycles. The SMILES string of the molecule is CCOC(=O)C(=O)Nc1ccc(C2=NCCN2)cc1. The number of ether oxygens (including phenoxy) is 1. The Bertz CT molecular complexity index is 508. The first kappa shape index (κ1) is 13.1. The number of nitrogens with zero attached hydrogens (tertiary/aromatic N) is 1. The molecule has 1 heterocycles. The fourth-order valence-electron chi connectivity index (χ4n) is 1.68. The first-order valence-electron chi connectivity index (χ1n) is 6.07. The molecule has 0 spiro atoms. The van der Waals surface area contributed by atoms with Gasteiger partial charge < -0.3 is 15.4 Å². The van der Waals surface area contributed by atoms with Crippen molar-refractivity contribution >= 4 is 23.4 Å². The third-order valence-electron chi connectivity index (χ3n) is 2.55. The lowest BCUT2D eigenvalue weighted by atomic mass is 10.2. The highest BCUT2D eigenvalue weighted by Crippen LogP contribution is 2.11. The summed E-state index contributed by atoms with van der Waals surface area (Å²) < 4.78 is 4.60. The Morgan fingerprint density at radius 1 is 1.37 bits per heavy atom. The van der Waals surface area contributed by atoms with E-state index in [-0.39, 0.29) is 6.61 Å². The van der Waals surface area contributed by atoms with E-state index < -0.39 is 11.9 Å². The maximum atomic E-state index is 11.4. The summed E-state index contributed by atoms with van der Waals surface area (Å²) in [6.45, 7) is 3.44. The number of carbonyl (C=O) groups excluding carboxylic acids is 2. The Labute approximate surface area is 110 Å². The van der Waals surface area contributed by atoms with Gasteiger partial charge in [0.05, 0.1) is 13.2 Å². The maximum absolute atomic E-state index is 11.4. The van der Waals surface area contributed by atoms with Gasteiger partial charge in [0, 0.05) is 17.8 Å². The van der Waals surface area contributed by atoms with E-state index in [1.54, 1.807) is 19.1 Å². The summed E-state index contributed by atoms with van der Waals surface area (Å²) >= 11 is 0. The van der Waals surface area contributed by atoms with Gasteiger partial charge in [-0.25, -0.2) is 4.79 Å². The summed E-state index contributed by atoms with van der Waals surface area (Å²) in [5, 5.41) is 5.63. The van der Waals surface area contributed by atoms with Crippen LogP contribution in [0.1, 0.15) is 12.5 Å². The van der Waals surface area contributed by atoms with Crippen molar-refractivity contribution in [1.82, 2.24) is 5.32 Å². The summed E-state index contributed by atoms with van der Waals surface area (Å²) in [5.41, 5.74) is 1.49. The molecule has 100 valence electrons. The number of rotatable bonds is 3. The molecule has 0 aromatic heterocycles. The molecular formula is C13H15N3O3. The Kier molecular flexibility index (Phi) is 4.12. The molecule has 2 N–H and O–H groups in total. The summed E-state index contributed by atoms with van der Waals surface area (Å²) in [6.07, 6.45) is 0. The molecule has 1 aliphatic heterocycles. The highest BCUT2D eigenvalue weighted by atomic mass is 16.5. The molecular weight excluding hydrogens is 246 g/mol. The van der Waals surface area contributed by atoms with Gasteiger partial charge in [-0.15, -0.1) is 0 Å². The monoisotopic (exact) mass is 261 g/mol. The minimum atomic E-state index is -0.881. The lowest BCUT2D eigenvalue weighted by molar-refractivity contribution is -0.152. The van der Waals surface area contributed by atoms with E-state index >= 15 is 0 Å². The number of amides is 1.